The van der Waals surface area contributed by atoms with Crippen molar-refractivity contribution in [1.82, 2.24) is 10.2 Å². The molecule has 2 fully saturated rings. The van der Waals surface area contributed by atoms with Crippen molar-refractivity contribution in [3.63, 3.8) is 0 Å². The molecule has 0 aliphatic carbocycles. The van der Waals surface area contributed by atoms with E-state index in [1.165, 1.54) is 0 Å². The molecule has 0 aromatic carbocycles. The van der Waals surface area contributed by atoms with Gasteiger partial charge in [-0.25, -0.2) is 0 Å². The Morgan fingerprint density at radius 3 is 3.00 bits per heavy atom. The van der Waals surface area contributed by atoms with E-state index in [0.717, 1.165) is 13.0 Å². The van der Waals surface area contributed by atoms with Crippen molar-refractivity contribution in [3.05, 3.63) is 0 Å². The lowest BCUT2D eigenvalue weighted by Gasteiger charge is -2.18. The van der Waals surface area contributed by atoms with Gasteiger partial charge in [0.1, 0.15) is 0 Å². The zero-order chi connectivity index (χ0) is 11.1. The van der Waals surface area contributed by atoms with Crippen LogP contribution in [0.1, 0.15) is 12.8 Å². The molecule has 1 spiro atoms. The lowest BCUT2D eigenvalue weighted by molar-refractivity contribution is -0.127. The molecule has 0 radical (unpaired) electrons. The van der Waals surface area contributed by atoms with Crippen LogP contribution >= 0.6 is 11.6 Å². The lowest BCUT2D eigenvalue weighted by Crippen LogP contribution is -2.34. The highest BCUT2D eigenvalue weighted by atomic mass is 35.5. The first-order valence-corrected chi connectivity index (χ1v) is 5.70. The fourth-order valence-corrected chi connectivity index (χ4v) is 2.87. The molecular weight excluding hydrogens is 216 g/mol. The van der Waals surface area contributed by atoms with Gasteiger partial charge in [-0.1, -0.05) is 0 Å². The highest BCUT2D eigenvalue weighted by Gasteiger charge is 2.51. The summed E-state index contributed by atoms with van der Waals surface area (Å²) in [6, 6.07) is -0.175. The van der Waals surface area contributed by atoms with Crippen LogP contribution in [0.4, 0.5) is 0 Å². The number of nitrogens with zero attached hydrogens (tertiary/aromatic N) is 1. The molecule has 2 unspecified atom stereocenters. The Morgan fingerprint density at radius 2 is 2.47 bits per heavy atom. The summed E-state index contributed by atoms with van der Waals surface area (Å²) >= 11 is 5.55. The van der Waals surface area contributed by atoms with Gasteiger partial charge in [0, 0.05) is 13.1 Å². The van der Waals surface area contributed by atoms with Gasteiger partial charge in [-0.3, -0.25) is 14.5 Å². The fraction of sp³-hybridized carbons (Fsp3) is 0.800. The van der Waals surface area contributed by atoms with E-state index in [4.69, 9.17) is 11.6 Å². The maximum atomic E-state index is 11.7. The lowest BCUT2D eigenvalue weighted by atomic mass is 9.83. The summed E-state index contributed by atoms with van der Waals surface area (Å²) in [5.41, 5.74) is -0.332. The Kier molecular flexibility index (Phi) is 2.73. The highest BCUT2D eigenvalue weighted by Crippen LogP contribution is 2.40. The summed E-state index contributed by atoms with van der Waals surface area (Å²) in [7, 11) is 1.88. The quantitative estimate of drug-likeness (QED) is 0.680. The van der Waals surface area contributed by atoms with Gasteiger partial charge in [-0.15, -0.1) is 11.6 Å². The van der Waals surface area contributed by atoms with Crippen LogP contribution in [0.2, 0.25) is 0 Å². The van der Waals surface area contributed by atoms with Gasteiger partial charge in [-0.2, -0.15) is 0 Å². The number of carbonyl (C=O) groups excluding carboxylic acids is 2. The summed E-state index contributed by atoms with van der Waals surface area (Å²) in [6.45, 7) is 1.40. The Labute approximate surface area is 93.9 Å². The van der Waals surface area contributed by atoms with Crippen LogP contribution in [0.15, 0.2) is 0 Å². The molecule has 5 heteroatoms. The van der Waals surface area contributed by atoms with Crippen LogP contribution in [0.3, 0.4) is 0 Å². The average Bonchev–Trinajstić information content (AvgIpc) is 2.72. The first-order chi connectivity index (χ1) is 7.09. The minimum Gasteiger partial charge on any atom is -0.356 e. The van der Waals surface area contributed by atoms with E-state index in [2.05, 4.69) is 5.32 Å². The van der Waals surface area contributed by atoms with E-state index < -0.39 is 0 Å². The summed E-state index contributed by atoms with van der Waals surface area (Å²) in [6.07, 6.45) is 1.46. The second kappa shape index (κ2) is 3.76. The number of likely N-dealkylation sites (tertiary alicyclic amines) is 1. The molecule has 84 valence electrons. The van der Waals surface area contributed by atoms with Crippen LogP contribution in [-0.2, 0) is 9.59 Å². The van der Waals surface area contributed by atoms with Crippen molar-refractivity contribution in [2.24, 2.45) is 5.41 Å². The van der Waals surface area contributed by atoms with E-state index in [0.29, 0.717) is 13.0 Å². The van der Waals surface area contributed by atoms with Gasteiger partial charge in [0.25, 0.3) is 0 Å². The van der Waals surface area contributed by atoms with Crippen LogP contribution in [0.25, 0.3) is 0 Å². The van der Waals surface area contributed by atoms with E-state index in [-0.39, 0.29) is 29.0 Å². The second-order valence-electron chi connectivity index (χ2n) is 4.52. The van der Waals surface area contributed by atoms with Gasteiger partial charge in [0.2, 0.25) is 5.91 Å². The predicted octanol–water partition coefficient (Wildman–Crippen LogP) is 0.00470. The first kappa shape index (κ1) is 10.9. The molecule has 0 aromatic heterocycles. The Morgan fingerprint density at radius 1 is 1.73 bits per heavy atom. The summed E-state index contributed by atoms with van der Waals surface area (Å²) in [5, 5.41) is 2.84. The van der Waals surface area contributed by atoms with Crippen molar-refractivity contribution in [1.29, 1.82) is 0 Å². The Bertz CT molecular complexity index is 308. The zero-order valence-corrected chi connectivity index (χ0v) is 9.51. The molecule has 15 heavy (non-hydrogen) atoms. The number of likely N-dealkylation sites (N-methyl/N-ethyl adjacent to an activating group) is 1. The van der Waals surface area contributed by atoms with Gasteiger partial charge >= 0.3 is 0 Å². The molecule has 4 nitrogen and oxygen atoms in total. The molecule has 2 saturated heterocycles. The molecule has 2 rings (SSSR count). The SMILES string of the molecule is CN1CC2(CCNC2=O)CC1C(=O)CCl. The molecule has 2 atom stereocenters. The Hall–Kier alpha value is -0.610. The minimum absolute atomic E-state index is 0.0238. The predicted molar refractivity (Wildman–Crippen MR) is 56.8 cm³/mol. The van der Waals surface area contributed by atoms with Gasteiger partial charge < -0.3 is 5.32 Å². The average molecular weight is 231 g/mol. The molecule has 0 saturated carbocycles. The molecular formula is C10H15ClN2O2. The summed E-state index contributed by atoms with van der Waals surface area (Å²) in [5.74, 6) is 0.155. The van der Waals surface area contributed by atoms with Crippen molar-refractivity contribution >= 4 is 23.3 Å². The molecule has 2 aliphatic heterocycles. The first-order valence-electron chi connectivity index (χ1n) is 5.16. The van der Waals surface area contributed by atoms with Crippen LogP contribution in [0, 0.1) is 5.41 Å². The molecule has 0 aromatic rings. The number of nitrogens with one attached hydrogen (secondary N) is 1. The maximum absolute atomic E-state index is 11.7. The fourth-order valence-electron chi connectivity index (χ4n) is 2.69. The smallest absolute Gasteiger partial charge is 0.227 e. The Balaban J connectivity index is 2.15. The van der Waals surface area contributed by atoms with Gasteiger partial charge in [0.05, 0.1) is 17.3 Å². The second-order valence-corrected chi connectivity index (χ2v) is 4.79. The van der Waals surface area contributed by atoms with Crippen LogP contribution in [-0.4, -0.2) is 48.6 Å². The topological polar surface area (TPSA) is 49.4 Å². The van der Waals surface area contributed by atoms with Crippen LogP contribution in [0.5, 0.6) is 0 Å². The third kappa shape index (κ3) is 1.66. The van der Waals surface area contributed by atoms with E-state index in [1.54, 1.807) is 0 Å². The number of alkyl halides is 1. The minimum atomic E-state index is -0.332. The third-order valence-corrected chi connectivity index (χ3v) is 3.81. The van der Waals surface area contributed by atoms with Crippen molar-refractivity contribution < 1.29 is 9.59 Å². The van der Waals surface area contributed by atoms with Crippen LogP contribution < -0.4 is 5.32 Å². The molecule has 2 heterocycles. The van der Waals surface area contributed by atoms with E-state index >= 15 is 0 Å². The number of hydrogen-bond donors (Lipinski definition) is 1. The third-order valence-electron chi connectivity index (χ3n) is 3.54. The maximum Gasteiger partial charge on any atom is 0.227 e. The van der Waals surface area contributed by atoms with Crippen molar-refractivity contribution in [3.8, 4) is 0 Å². The molecule has 1 amide bonds. The monoisotopic (exact) mass is 230 g/mol. The van der Waals surface area contributed by atoms with Crippen molar-refractivity contribution in [2.45, 2.75) is 18.9 Å². The number of hydrogen-bond acceptors (Lipinski definition) is 3. The van der Waals surface area contributed by atoms with Gasteiger partial charge in [0.15, 0.2) is 5.78 Å². The largest absolute Gasteiger partial charge is 0.356 e. The summed E-state index contributed by atoms with van der Waals surface area (Å²) < 4.78 is 0. The van der Waals surface area contributed by atoms with E-state index in [9.17, 15) is 9.59 Å². The number of ketones is 1. The number of amides is 1. The number of rotatable bonds is 2. The standard InChI is InChI=1S/C10H15ClN2O2/c1-13-6-10(2-3-12-9(10)15)4-7(13)8(14)5-11/h7H,2-6H2,1H3,(H,12,15). The van der Waals surface area contributed by atoms with Gasteiger partial charge in [-0.05, 0) is 19.9 Å². The number of carbonyl (C=O) groups is 2. The summed E-state index contributed by atoms with van der Waals surface area (Å²) in [4.78, 5) is 25.2. The number of halogens is 1. The number of Topliss-reactive ketones (excluding diaryl/α,β-unsaturated/α-hetero) is 1. The van der Waals surface area contributed by atoms with Crippen molar-refractivity contribution in [2.75, 3.05) is 26.0 Å². The molecule has 0 bridgehead atoms. The highest BCUT2D eigenvalue weighted by molar-refractivity contribution is 6.28. The normalized spacial score (nSPS) is 36.1. The zero-order valence-electron chi connectivity index (χ0n) is 8.75. The molecule has 2 aliphatic rings. The molecule has 1 N–H and O–H groups in total. The van der Waals surface area contributed by atoms with E-state index in [1.807, 2.05) is 11.9 Å².